The molecule has 4 aromatic rings. The first-order chi connectivity index (χ1) is 15.1. The van der Waals surface area contributed by atoms with Crippen LogP contribution in [0.4, 0.5) is 10.1 Å². The Morgan fingerprint density at radius 3 is 2.45 bits per heavy atom. The zero-order chi connectivity index (χ0) is 21.4. The van der Waals surface area contributed by atoms with Crippen LogP contribution in [0.3, 0.4) is 0 Å². The summed E-state index contributed by atoms with van der Waals surface area (Å²) in [4.78, 5) is 6.66. The first-order valence-electron chi connectivity index (χ1n) is 9.82. The van der Waals surface area contributed by atoms with Crippen LogP contribution in [-0.2, 0) is 0 Å². The average molecular weight is 493 g/mol. The van der Waals surface area contributed by atoms with E-state index in [-0.39, 0.29) is 17.9 Å². The Hall–Kier alpha value is -3.03. The highest BCUT2D eigenvalue weighted by molar-refractivity contribution is 9.10. The van der Waals surface area contributed by atoms with Gasteiger partial charge >= 0.3 is 0 Å². The number of anilines is 1. The molecule has 4 nitrogen and oxygen atoms in total. The van der Waals surface area contributed by atoms with E-state index in [2.05, 4.69) is 31.1 Å². The molecule has 2 aromatic carbocycles. The molecule has 7 heteroatoms. The van der Waals surface area contributed by atoms with Gasteiger partial charge in [-0.25, -0.2) is 4.39 Å². The van der Waals surface area contributed by atoms with E-state index in [1.165, 1.54) is 6.07 Å². The molecule has 1 saturated heterocycles. The van der Waals surface area contributed by atoms with Crippen molar-refractivity contribution in [2.24, 2.45) is 0 Å². The van der Waals surface area contributed by atoms with E-state index in [1.54, 1.807) is 18.3 Å². The lowest BCUT2D eigenvalue weighted by Gasteiger charge is -2.29. The number of aromatic nitrogens is 2. The van der Waals surface area contributed by atoms with E-state index in [0.29, 0.717) is 10.8 Å². The maximum absolute atomic E-state index is 14.7. The maximum Gasteiger partial charge on any atom is 0.174 e. The zero-order valence-electron chi connectivity index (χ0n) is 16.3. The Kier molecular flexibility index (Phi) is 5.29. The smallest absolute Gasteiger partial charge is 0.174 e. The number of halogens is 2. The molecule has 0 amide bonds. The summed E-state index contributed by atoms with van der Waals surface area (Å²) in [6.07, 6.45) is 3.65. The van der Waals surface area contributed by atoms with Gasteiger partial charge in [0.05, 0.1) is 17.4 Å². The summed E-state index contributed by atoms with van der Waals surface area (Å²) < 4.78 is 17.6. The first kappa shape index (κ1) is 19.9. The Labute approximate surface area is 193 Å². The van der Waals surface area contributed by atoms with Gasteiger partial charge in [0.15, 0.2) is 5.11 Å². The average Bonchev–Trinajstić information content (AvgIpc) is 3.39. The van der Waals surface area contributed by atoms with Crippen molar-refractivity contribution in [1.82, 2.24) is 14.9 Å². The third kappa shape index (κ3) is 3.64. The fourth-order valence-electron chi connectivity index (χ4n) is 4.04. The van der Waals surface area contributed by atoms with E-state index in [1.807, 2.05) is 71.4 Å². The molecule has 1 N–H and O–H groups in total. The number of pyridine rings is 1. The highest BCUT2D eigenvalue weighted by Gasteiger charge is 2.42. The molecule has 1 aliphatic rings. The predicted molar refractivity (Wildman–Crippen MR) is 128 cm³/mol. The fourth-order valence-corrected chi connectivity index (χ4v) is 4.65. The molecule has 154 valence electrons. The number of nitrogens with zero attached hydrogens (tertiary/aromatic N) is 3. The van der Waals surface area contributed by atoms with Crippen LogP contribution in [0, 0.1) is 5.82 Å². The van der Waals surface area contributed by atoms with Crippen LogP contribution in [-0.4, -0.2) is 14.7 Å². The second-order valence-electron chi connectivity index (χ2n) is 7.23. The van der Waals surface area contributed by atoms with E-state index in [9.17, 15) is 4.39 Å². The van der Waals surface area contributed by atoms with Crippen molar-refractivity contribution in [2.45, 2.75) is 12.1 Å². The van der Waals surface area contributed by atoms with Crippen LogP contribution in [0.15, 0.2) is 95.7 Å². The van der Waals surface area contributed by atoms with Crippen LogP contribution >= 0.6 is 28.1 Å². The van der Waals surface area contributed by atoms with E-state index >= 15 is 0 Å². The van der Waals surface area contributed by atoms with Gasteiger partial charge in [-0.2, -0.15) is 0 Å². The number of hydrogen-bond acceptors (Lipinski definition) is 2. The molecule has 0 saturated carbocycles. The Morgan fingerprint density at radius 1 is 0.935 bits per heavy atom. The highest BCUT2D eigenvalue weighted by atomic mass is 79.9. The van der Waals surface area contributed by atoms with E-state index in [4.69, 9.17) is 12.2 Å². The standard InChI is InChI=1S/C24H18BrFN4S/c25-16-10-12-17(13-11-16)30-23(22(28-24(30)31)19-7-3-4-14-27-19)21-9-5-15-29(21)20-8-2-1-6-18(20)26/h1-15,22-23H,(H,28,31)/t22-,23-/m1/s1. The number of rotatable bonds is 4. The second-order valence-corrected chi connectivity index (χ2v) is 8.53. The summed E-state index contributed by atoms with van der Waals surface area (Å²) in [6.45, 7) is 0. The molecule has 2 aromatic heterocycles. The number of hydrogen-bond donors (Lipinski definition) is 1. The molecule has 0 spiro atoms. The number of thiocarbonyl (C=S) groups is 1. The molecule has 0 unspecified atom stereocenters. The van der Waals surface area contributed by atoms with Crippen molar-refractivity contribution >= 4 is 38.9 Å². The van der Waals surface area contributed by atoms with Crippen molar-refractivity contribution in [1.29, 1.82) is 0 Å². The highest BCUT2D eigenvalue weighted by Crippen LogP contribution is 2.42. The van der Waals surface area contributed by atoms with Gasteiger partial charge in [0, 0.05) is 28.2 Å². The van der Waals surface area contributed by atoms with Crippen LogP contribution < -0.4 is 10.2 Å². The van der Waals surface area contributed by atoms with Crippen LogP contribution in [0.2, 0.25) is 0 Å². The van der Waals surface area contributed by atoms with Crippen molar-refractivity contribution in [3.63, 3.8) is 0 Å². The molecule has 31 heavy (non-hydrogen) atoms. The van der Waals surface area contributed by atoms with E-state index in [0.717, 1.165) is 21.5 Å². The third-order valence-corrected chi connectivity index (χ3v) is 6.24. The molecule has 1 aliphatic heterocycles. The summed E-state index contributed by atoms with van der Waals surface area (Å²) >= 11 is 9.26. The summed E-state index contributed by atoms with van der Waals surface area (Å²) in [5.41, 5.74) is 3.23. The third-order valence-electron chi connectivity index (χ3n) is 5.40. The minimum atomic E-state index is -0.280. The minimum absolute atomic E-state index is 0.197. The van der Waals surface area contributed by atoms with Gasteiger partial charge < -0.3 is 14.8 Å². The Balaban J connectivity index is 1.68. The summed E-state index contributed by atoms with van der Waals surface area (Å²) in [5.74, 6) is -0.280. The van der Waals surface area contributed by atoms with Gasteiger partial charge in [-0.1, -0.05) is 34.1 Å². The van der Waals surface area contributed by atoms with Crippen molar-refractivity contribution < 1.29 is 4.39 Å². The quantitative estimate of drug-likeness (QED) is 0.356. The molecular weight excluding hydrogens is 475 g/mol. The van der Waals surface area contributed by atoms with Crippen LogP contribution in [0.1, 0.15) is 23.5 Å². The molecule has 5 rings (SSSR count). The zero-order valence-corrected chi connectivity index (χ0v) is 18.7. The Morgan fingerprint density at radius 2 is 1.71 bits per heavy atom. The topological polar surface area (TPSA) is 33.1 Å². The van der Waals surface area contributed by atoms with Gasteiger partial charge in [0.1, 0.15) is 11.9 Å². The van der Waals surface area contributed by atoms with Gasteiger partial charge in [0.2, 0.25) is 0 Å². The van der Waals surface area contributed by atoms with Gasteiger partial charge in [0.25, 0.3) is 0 Å². The lowest BCUT2D eigenvalue weighted by molar-refractivity contribution is 0.544. The monoisotopic (exact) mass is 492 g/mol. The number of nitrogens with one attached hydrogen (secondary N) is 1. The molecule has 3 heterocycles. The fraction of sp³-hybridized carbons (Fsp3) is 0.0833. The number of benzene rings is 2. The molecular formula is C24H18BrFN4S. The maximum atomic E-state index is 14.7. The molecule has 0 aliphatic carbocycles. The van der Waals surface area contributed by atoms with Crippen molar-refractivity contribution in [3.05, 3.63) is 113 Å². The second kappa shape index (κ2) is 8.24. The van der Waals surface area contributed by atoms with Gasteiger partial charge in [-0.05, 0) is 72.9 Å². The van der Waals surface area contributed by atoms with Gasteiger partial charge in [-0.15, -0.1) is 0 Å². The summed E-state index contributed by atoms with van der Waals surface area (Å²) in [7, 11) is 0. The Bertz CT molecular complexity index is 1230. The molecule has 0 radical (unpaired) electrons. The van der Waals surface area contributed by atoms with Crippen molar-refractivity contribution in [3.8, 4) is 5.69 Å². The van der Waals surface area contributed by atoms with Crippen LogP contribution in [0.25, 0.3) is 5.69 Å². The van der Waals surface area contributed by atoms with Gasteiger partial charge in [-0.3, -0.25) is 4.98 Å². The molecule has 0 bridgehead atoms. The van der Waals surface area contributed by atoms with Crippen molar-refractivity contribution in [2.75, 3.05) is 4.90 Å². The first-order valence-corrected chi connectivity index (χ1v) is 11.0. The predicted octanol–water partition coefficient (Wildman–Crippen LogP) is 5.95. The normalized spacial score (nSPS) is 18.3. The summed E-state index contributed by atoms with van der Waals surface area (Å²) in [6, 6.07) is 24.1. The minimum Gasteiger partial charge on any atom is -0.351 e. The number of para-hydroxylation sites is 1. The SMILES string of the molecule is Fc1ccccc1-n1cccc1[C@@H]1[C@@H](c2ccccn2)NC(=S)N1c1ccc(Br)cc1. The summed E-state index contributed by atoms with van der Waals surface area (Å²) in [5, 5.41) is 4.04. The lowest BCUT2D eigenvalue weighted by atomic mass is 10.0. The largest absolute Gasteiger partial charge is 0.351 e. The van der Waals surface area contributed by atoms with Crippen LogP contribution in [0.5, 0.6) is 0 Å². The van der Waals surface area contributed by atoms with E-state index < -0.39 is 0 Å². The lowest BCUT2D eigenvalue weighted by Crippen LogP contribution is -2.30. The molecule has 2 atom stereocenters. The molecule has 1 fully saturated rings.